The number of carboxylic acids is 1. The number of benzene rings is 1. The highest BCUT2D eigenvalue weighted by atomic mass is 16.5. The molecule has 0 heterocycles. The molecule has 1 rings (SSSR count). The van der Waals surface area contributed by atoms with E-state index >= 15 is 0 Å². The maximum absolute atomic E-state index is 11.9. The van der Waals surface area contributed by atoms with E-state index in [-0.39, 0.29) is 5.92 Å². The molecular weight excluding hydrogens is 276 g/mol. The van der Waals surface area contributed by atoms with Gasteiger partial charge in [-0.1, -0.05) is 13.8 Å². The number of carbonyl (C=O) groups excluding carboxylic acids is 1. The molecule has 21 heavy (non-hydrogen) atoms. The maximum atomic E-state index is 11.9. The number of amides is 2. The fourth-order valence-electron chi connectivity index (χ4n) is 1.70. The highest BCUT2D eigenvalue weighted by Crippen LogP contribution is 2.25. The lowest BCUT2D eigenvalue weighted by Crippen LogP contribution is -2.46. The van der Waals surface area contributed by atoms with E-state index in [0.29, 0.717) is 17.2 Å². The summed E-state index contributed by atoms with van der Waals surface area (Å²) in [5, 5.41) is 14.0. The molecule has 7 heteroatoms. The predicted octanol–water partition coefficient (Wildman–Crippen LogP) is 1.93. The third kappa shape index (κ3) is 4.87. The van der Waals surface area contributed by atoms with E-state index in [4.69, 9.17) is 14.6 Å². The van der Waals surface area contributed by atoms with Gasteiger partial charge in [-0.3, -0.25) is 0 Å². The van der Waals surface area contributed by atoms with Gasteiger partial charge < -0.3 is 25.2 Å². The van der Waals surface area contributed by atoms with Gasteiger partial charge >= 0.3 is 12.0 Å². The molecule has 2 amide bonds. The van der Waals surface area contributed by atoms with Crippen molar-refractivity contribution in [3.63, 3.8) is 0 Å². The highest BCUT2D eigenvalue weighted by molar-refractivity contribution is 5.92. The second-order valence-corrected chi connectivity index (χ2v) is 4.76. The van der Waals surface area contributed by atoms with Gasteiger partial charge in [0.15, 0.2) is 0 Å². The molecule has 116 valence electrons. The SMILES string of the molecule is COc1cc(NC(=O)N[C@@H](C(=O)O)C(C)C)cc(OC)c1. The van der Waals surface area contributed by atoms with Crippen LogP contribution in [0.15, 0.2) is 18.2 Å². The lowest BCUT2D eigenvalue weighted by molar-refractivity contribution is -0.140. The van der Waals surface area contributed by atoms with Crippen LogP contribution in [0.3, 0.4) is 0 Å². The maximum Gasteiger partial charge on any atom is 0.326 e. The van der Waals surface area contributed by atoms with Crippen molar-refractivity contribution in [2.45, 2.75) is 19.9 Å². The Morgan fingerprint density at radius 3 is 2.00 bits per heavy atom. The molecule has 0 radical (unpaired) electrons. The van der Waals surface area contributed by atoms with Crippen LogP contribution in [0.4, 0.5) is 10.5 Å². The number of nitrogens with one attached hydrogen (secondary N) is 2. The van der Waals surface area contributed by atoms with E-state index in [9.17, 15) is 9.59 Å². The number of aliphatic carboxylic acids is 1. The molecule has 0 saturated heterocycles. The standard InChI is InChI=1S/C14H20N2O5/c1-8(2)12(13(17)18)16-14(19)15-9-5-10(20-3)7-11(6-9)21-4/h5-8,12H,1-4H3,(H,17,18)(H2,15,16,19)/t12-/m1/s1. The zero-order valence-electron chi connectivity index (χ0n) is 12.5. The summed E-state index contributed by atoms with van der Waals surface area (Å²) in [6.45, 7) is 3.43. The molecule has 0 saturated carbocycles. The predicted molar refractivity (Wildman–Crippen MR) is 78.0 cm³/mol. The van der Waals surface area contributed by atoms with Gasteiger partial charge in [-0.05, 0) is 5.92 Å². The summed E-state index contributed by atoms with van der Waals surface area (Å²) in [6, 6.07) is 3.31. The summed E-state index contributed by atoms with van der Waals surface area (Å²) >= 11 is 0. The van der Waals surface area contributed by atoms with Crippen LogP contribution in [0.5, 0.6) is 11.5 Å². The van der Waals surface area contributed by atoms with Crippen LogP contribution in [0.2, 0.25) is 0 Å². The fourth-order valence-corrected chi connectivity index (χ4v) is 1.70. The van der Waals surface area contributed by atoms with Gasteiger partial charge in [-0.15, -0.1) is 0 Å². The molecule has 3 N–H and O–H groups in total. The minimum atomic E-state index is -1.08. The number of hydrogen-bond acceptors (Lipinski definition) is 4. The summed E-state index contributed by atoms with van der Waals surface area (Å²) < 4.78 is 10.2. The Morgan fingerprint density at radius 2 is 1.62 bits per heavy atom. The van der Waals surface area contributed by atoms with Crippen molar-refractivity contribution in [3.8, 4) is 11.5 Å². The molecule has 1 atom stereocenters. The molecular formula is C14H20N2O5. The second-order valence-electron chi connectivity index (χ2n) is 4.76. The number of hydrogen-bond donors (Lipinski definition) is 3. The minimum absolute atomic E-state index is 0.229. The van der Waals surface area contributed by atoms with Gasteiger partial charge in [0, 0.05) is 23.9 Å². The van der Waals surface area contributed by atoms with Crippen molar-refractivity contribution in [1.82, 2.24) is 5.32 Å². The normalized spacial score (nSPS) is 11.7. The van der Waals surface area contributed by atoms with Crippen LogP contribution in [-0.2, 0) is 4.79 Å². The van der Waals surface area contributed by atoms with E-state index in [1.165, 1.54) is 14.2 Å². The number of rotatable bonds is 6. The van der Waals surface area contributed by atoms with Crippen LogP contribution >= 0.6 is 0 Å². The molecule has 0 aliphatic carbocycles. The van der Waals surface area contributed by atoms with Crippen molar-refractivity contribution in [2.24, 2.45) is 5.92 Å². The lowest BCUT2D eigenvalue weighted by Gasteiger charge is -2.18. The van der Waals surface area contributed by atoms with Gasteiger partial charge in [0.25, 0.3) is 0 Å². The first-order valence-corrected chi connectivity index (χ1v) is 6.40. The van der Waals surface area contributed by atoms with E-state index in [1.807, 2.05) is 0 Å². The average molecular weight is 296 g/mol. The molecule has 0 aromatic heterocycles. The second kappa shape index (κ2) is 7.37. The number of methoxy groups -OCH3 is 2. The van der Waals surface area contributed by atoms with Crippen LogP contribution in [0.1, 0.15) is 13.8 Å². The van der Waals surface area contributed by atoms with Crippen molar-refractivity contribution < 1.29 is 24.2 Å². The topological polar surface area (TPSA) is 96.9 Å². The fraction of sp³-hybridized carbons (Fsp3) is 0.429. The molecule has 0 fully saturated rings. The van der Waals surface area contributed by atoms with Crippen LogP contribution in [0.25, 0.3) is 0 Å². The number of carboxylic acid groups (broad SMARTS) is 1. The molecule has 7 nitrogen and oxygen atoms in total. The van der Waals surface area contributed by atoms with E-state index < -0.39 is 18.0 Å². The third-order valence-corrected chi connectivity index (χ3v) is 2.83. The molecule has 1 aromatic carbocycles. The Balaban J connectivity index is 2.80. The van der Waals surface area contributed by atoms with Gasteiger partial charge in [0.1, 0.15) is 17.5 Å². The van der Waals surface area contributed by atoms with Crippen molar-refractivity contribution in [2.75, 3.05) is 19.5 Å². The smallest absolute Gasteiger partial charge is 0.326 e. The van der Waals surface area contributed by atoms with E-state index in [0.717, 1.165) is 0 Å². The first-order valence-electron chi connectivity index (χ1n) is 6.40. The highest BCUT2D eigenvalue weighted by Gasteiger charge is 2.23. The molecule has 1 aromatic rings. The van der Waals surface area contributed by atoms with Crippen LogP contribution in [-0.4, -0.2) is 37.4 Å². The van der Waals surface area contributed by atoms with Gasteiger partial charge in [0.2, 0.25) is 0 Å². The van der Waals surface area contributed by atoms with Gasteiger partial charge in [-0.2, -0.15) is 0 Å². The van der Waals surface area contributed by atoms with E-state index in [2.05, 4.69) is 10.6 Å². The molecule has 0 aliphatic rings. The Bertz CT molecular complexity index is 494. The zero-order valence-corrected chi connectivity index (χ0v) is 12.5. The van der Waals surface area contributed by atoms with Crippen LogP contribution in [0, 0.1) is 5.92 Å². The van der Waals surface area contributed by atoms with Crippen molar-refractivity contribution in [3.05, 3.63) is 18.2 Å². The first-order chi connectivity index (χ1) is 9.87. The Labute approximate surface area is 123 Å². The number of urea groups is 1. The summed E-state index contributed by atoms with van der Waals surface area (Å²) in [7, 11) is 3.00. The molecule has 0 bridgehead atoms. The van der Waals surface area contributed by atoms with Crippen molar-refractivity contribution >= 4 is 17.7 Å². The zero-order chi connectivity index (χ0) is 16.0. The Kier molecular flexibility index (Phi) is 5.83. The quantitative estimate of drug-likeness (QED) is 0.745. The van der Waals surface area contributed by atoms with Gasteiger partial charge in [0.05, 0.1) is 14.2 Å². The summed E-state index contributed by atoms with van der Waals surface area (Å²) in [5.74, 6) is -0.275. The summed E-state index contributed by atoms with van der Waals surface area (Å²) in [6.07, 6.45) is 0. The third-order valence-electron chi connectivity index (χ3n) is 2.83. The first kappa shape index (κ1) is 16.6. The average Bonchev–Trinajstić information content (AvgIpc) is 2.43. The Morgan fingerprint density at radius 1 is 1.10 bits per heavy atom. The monoisotopic (exact) mass is 296 g/mol. The van der Waals surface area contributed by atoms with Crippen molar-refractivity contribution in [1.29, 1.82) is 0 Å². The minimum Gasteiger partial charge on any atom is -0.497 e. The largest absolute Gasteiger partial charge is 0.497 e. The number of carbonyl (C=O) groups is 2. The molecule has 0 unspecified atom stereocenters. The molecule has 0 aliphatic heterocycles. The number of ether oxygens (including phenoxy) is 2. The Hall–Kier alpha value is -2.44. The summed E-state index contributed by atoms with van der Waals surface area (Å²) in [5.41, 5.74) is 0.441. The number of anilines is 1. The molecule has 0 spiro atoms. The van der Waals surface area contributed by atoms with Gasteiger partial charge in [-0.25, -0.2) is 9.59 Å². The lowest BCUT2D eigenvalue weighted by atomic mass is 10.1. The van der Waals surface area contributed by atoms with Crippen LogP contribution < -0.4 is 20.1 Å². The van der Waals surface area contributed by atoms with E-state index in [1.54, 1.807) is 32.0 Å². The summed E-state index contributed by atoms with van der Waals surface area (Å²) in [4.78, 5) is 22.9.